The molecule has 0 aliphatic carbocycles. The smallest absolute Gasteiger partial charge is 0.253 e. The third-order valence-corrected chi connectivity index (χ3v) is 3.48. The van der Waals surface area contributed by atoms with Gasteiger partial charge in [-0.3, -0.25) is 10.6 Å². The van der Waals surface area contributed by atoms with Gasteiger partial charge in [0.25, 0.3) is 5.91 Å². The first-order valence-electron chi connectivity index (χ1n) is 7.50. The van der Waals surface area contributed by atoms with Crippen LogP contribution in [0.2, 0.25) is 0 Å². The third kappa shape index (κ3) is 4.53. The van der Waals surface area contributed by atoms with Crippen LogP contribution < -0.4 is 11.3 Å². The van der Waals surface area contributed by atoms with Crippen LogP contribution in [0.15, 0.2) is 18.2 Å². The zero-order valence-electron chi connectivity index (χ0n) is 12.9. The van der Waals surface area contributed by atoms with Gasteiger partial charge in [-0.25, -0.2) is 0 Å². The SMILES string of the molecule is CCCCN(CCCC)C(=O)c1ccc(NN)c(C)c1. The number of nitrogens with one attached hydrogen (secondary N) is 1. The molecule has 1 rings (SSSR count). The van der Waals surface area contributed by atoms with Crippen molar-refractivity contribution in [1.82, 2.24) is 4.90 Å². The number of carbonyl (C=O) groups is 1. The van der Waals surface area contributed by atoms with E-state index in [1.54, 1.807) is 0 Å². The summed E-state index contributed by atoms with van der Waals surface area (Å²) in [7, 11) is 0. The van der Waals surface area contributed by atoms with Gasteiger partial charge in [0.1, 0.15) is 0 Å². The molecule has 0 aromatic heterocycles. The molecule has 0 heterocycles. The minimum atomic E-state index is 0.124. The van der Waals surface area contributed by atoms with E-state index in [2.05, 4.69) is 19.3 Å². The first-order chi connectivity index (χ1) is 9.63. The Bertz CT molecular complexity index is 424. The van der Waals surface area contributed by atoms with Crippen LogP contribution in [-0.4, -0.2) is 23.9 Å². The average Bonchev–Trinajstić information content (AvgIpc) is 2.46. The molecule has 0 fully saturated rings. The quantitative estimate of drug-likeness (QED) is 0.566. The van der Waals surface area contributed by atoms with Gasteiger partial charge in [-0.2, -0.15) is 0 Å². The molecule has 0 saturated heterocycles. The van der Waals surface area contributed by atoms with Crippen molar-refractivity contribution < 1.29 is 4.79 Å². The zero-order chi connectivity index (χ0) is 15.0. The third-order valence-electron chi connectivity index (χ3n) is 3.48. The number of nitrogen functional groups attached to an aromatic ring is 1. The number of nitrogens with two attached hydrogens (primary N) is 1. The number of unbranched alkanes of at least 4 members (excludes halogenated alkanes) is 2. The number of hydrazine groups is 1. The van der Waals surface area contributed by atoms with Gasteiger partial charge in [0.05, 0.1) is 5.69 Å². The molecular formula is C16H27N3O. The van der Waals surface area contributed by atoms with Crippen LogP contribution in [0, 0.1) is 6.92 Å². The van der Waals surface area contributed by atoms with E-state index in [-0.39, 0.29) is 5.91 Å². The lowest BCUT2D eigenvalue weighted by atomic mass is 10.1. The topological polar surface area (TPSA) is 58.4 Å². The Balaban J connectivity index is 2.84. The molecule has 112 valence electrons. The second-order valence-electron chi connectivity index (χ2n) is 5.17. The molecule has 1 aromatic carbocycles. The summed E-state index contributed by atoms with van der Waals surface area (Å²) in [5, 5.41) is 0. The van der Waals surface area contributed by atoms with Crippen molar-refractivity contribution in [2.75, 3.05) is 18.5 Å². The molecule has 1 aromatic rings. The largest absolute Gasteiger partial charge is 0.339 e. The van der Waals surface area contributed by atoms with Gasteiger partial charge >= 0.3 is 0 Å². The number of carbonyl (C=O) groups excluding carboxylic acids is 1. The van der Waals surface area contributed by atoms with Crippen molar-refractivity contribution in [3.63, 3.8) is 0 Å². The summed E-state index contributed by atoms with van der Waals surface area (Å²) in [5.41, 5.74) is 5.23. The van der Waals surface area contributed by atoms with Gasteiger partial charge in [-0.1, -0.05) is 26.7 Å². The van der Waals surface area contributed by atoms with Gasteiger partial charge in [-0.15, -0.1) is 0 Å². The van der Waals surface area contributed by atoms with Crippen LogP contribution in [0.1, 0.15) is 55.5 Å². The van der Waals surface area contributed by atoms with Gasteiger partial charge in [0.15, 0.2) is 0 Å². The van der Waals surface area contributed by atoms with E-state index in [1.807, 2.05) is 30.0 Å². The lowest BCUT2D eigenvalue weighted by Crippen LogP contribution is -2.33. The first-order valence-corrected chi connectivity index (χ1v) is 7.50. The van der Waals surface area contributed by atoms with Gasteiger partial charge < -0.3 is 10.3 Å². The summed E-state index contributed by atoms with van der Waals surface area (Å²) in [6.45, 7) is 7.92. The van der Waals surface area contributed by atoms with E-state index < -0.39 is 0 Å². The monoisotopic (exact) mass is 277 g/mol. The predicted octanol–water partition coefficient (Wildman–Crippen LogP) is 3.32. The van der Waals surface area contributed by atoms with E-state index >= 15 is 0 Å². The predicted molar refractivity (Wildman–Crippen MR) is 84.7 cm³/mol. The van der Waals surface area contributed by atoms with Crippen LogP contribution in [0.5, 0.6) is 0 Å². The average molecular weight is 277 g/mol. The maximum Gasteiger partial charge on any atom is 0.253 e. The summed E-state index contributed by atoms with van der Waals surface area (Å²) in [6.07, 6.45) is 4.31. The standard InChI is InChI=1S/C16H27N3O/c1-4-6-10-19(11-7-5-2)16(20)14-8-9-15(18-17)13(3)12-14/h8-9,12,18H,4-7,10-11,17H2,1-3H3. The molecule has 0 spiro atoms. The Morgan fingerprint density at radius 3 is 2.25 bits per heavy atom. The molecule has 0 aliphatic heterocycles. The second kappa shape index (κ2) is 8.59. The molecule has 0 radical (unpaired) electrons. The van der Waals surface area contributed by atoms with Crippen LogP contribution in [0.25, 0.3) is 0 Å². The number of aryl methyl sites for hydroxylation is 1. The highest BCUT2D eigenvalue weighted by Crippen LogP contribution is 2.17. The highest BCUT2D eigenvalue weighted by Gasteiger charge is 2.15. The number of benzene rings is 1. The Hall–Kier alpha value is -1.55. The molecule has 1 amide bonds. The van der Waals surface area contributed by atoms with Crippen LogP contribution in [-0.2, 0) is 0 Å². The normalized spacial score (nSPS) is 10.4. The van der Waals surface area contributed by atoms with Crippen molar-refractivity contribution >= 4 is 11.6 Å². The van der Waals surface area contributed by atoms with Crippen LogP contribution in [0.3, 0.4) is 0 Å². The molecule has 3 N–H and O–H groups in total. The summed E-state index contributed by atoms with van der Waals surface area (Å²) >= 11 is 0. The summed E-state index contributed by atoms with van der Waals surface area (Å²) < 4.78 is 0. The summed E-state index contributed by atoms with van der Waals surface area (Å²) in [6, 6.07) is 5.61. The highest BCUT2D eigenvalue weighted by molar-refractivity contribution is 5.95. The van der Waals surface area contributed by atoms with Crippen molar-refractivity contribution in [2.45, 2.75) is 46.5 Å². The molecular weight excluding hydrogens is 250 g/mol. The van der Waals surface area contributed by atoms with Crippen molar-refractivity contribution in [1.29, 1.82) is 0 Å². The number of rotatable bonds is 8. The van der Waals surface area contributed by atoms with E-state index in [0.717, 1.165) is 55.6 Å². The minimum Gasteiger partial charge on any atom is -0.339 e. The second-order valence-corrected chi connectivity index (χ2v) is 5.17. The lowest BCUT2D eigenvalue weighted by Gasteiger charge is -2.23. The molecule has 0 aliphatic rings. The fraction of sp³-hybridized carbons (Fsp3) is 0.562. The number of amides is 1. The Labute approximate surface area is 122 Å². The lowest BCUT2D eigenvalue weighted by molar-refractivity contribution is 0.0751. The fourth-order valence-corrected chi connectivity index (χ4v) is 2.15. The Morgan fingerprint density at radius 2 is 1.80 bits per heavy atom. The number of hydrogen-bond acceptors (Lipinski definition) is 3. The summed E-state index contributed by atoms with van der Waals surface area (Å²) in [4.78, 5) is 14.6. The molecule has 0 saturated carbocycles. The van der Waals surface area contributed by atoms with E-state index in [0.29, 0.717) is 0 Å². The number of nitrogens with zero attached hydrogens (tertiary/aromatic N) is 1. The fourth-order valence-electron chi connectivity index (χ4n) is 2.15. The van der Waals surface area contributed by atoms with Crippen LogP contribution >= 0.6 is 0 Å². The van der Waals surface area contributed by atoms with Crippen molar-refractivity contribution in [3.05, 3.63) is 29.3 Å². The van der Waals surface area contributed by atoms with Crippen molar-refractivity contribution in [3.8, 4) is 0 Å². The Kier molecular flexibility index (Phi) is 7.09. The molecule has 0 atom stereocenters. The molecule has 0 unspecified atom stereocenters. The van der Waals surface area contributed by atoms with Gasteiger partial charge in [-0.05, 0) is 43.5 Å². The Morgan fingerprint density at radius 1 is 1.20 bits per heavy atom. The molecule has 20 heavy (non-hydrogen) atoms. The number of hydrogen-bond donors (Lipinski definition) is 2. The molecule has 4 nitrogen and oxygen atoms in total. The molecule has 4 heteroatoms. The maximum atomic E-state index is 12.6. The van der Waals surface area contributed by atoms with E-state index in [1.165, 1.54) is 0 Å². The van der Waals surface area contributed by atoms with E-state index in [4.69, 9.17) is 5.84 Å². The van der Waals surface area contributed by atoms with Crippen molar-refractivity contribution in [2.24, 2.45) is 5.84 Å². The van der Waals surface area contributed by atoms with Gasteiger partial charge in [0.2, 0.25) is 0 Å². The van der Waals surface area contributed by atoms with Gasteiger partial charge in [0, 0.05) is 18.7 Å². The number of anilines is 1. The zero-order valence-corrected chi connectivity index (χ0v) is 12.9. The van der Waals surface area contributed by atoms with Crippen LogP contribution in [0.4, 0.5) is 5.69 Å². The van der Waals surface area contributed by atoms with E-state index in [9.17, 15) is 4.79 Å². The minimum absolute atomic E-state index is 0.124. The highest BCUT2D eigenvalue weighted by atomic mass is 16.2. The molecule has 0 bridgehead atoms. The summed E-state index contributed by atoms with van der Waals surface area (Å²) in [5.74, 6) is 5.55. The maximum absolute atomic E-state index is 12.6. The first kappa shape index (κ1) is 16.5.